The maximum Gasteiger partial charge on any atom is 0.150 e. The maximum absolute atomic E-state index is 11.5. The summed E-state index contributed by atoms with van der Waals surface area (Å²) in [6.07, 6.45) is 1.32. The van der Waals surface area contributed by atoms with Gasteiger partial charge in [-0.15, -0.1) is 0 Å². The van der Waals surface area contributed by atoms with Gasteiger partial charge >= 0.3 is 0 Å². The minimum atomic E-state index is -2.87. The molecule has 2 N–H and O–H groups in total. The molecule has 21 heavy (non-hydrogen) atoms. The third-order valence-electron chi connectivity index (χ3n) is 3.83. The van der Waals surface area contributed by atoms with Crippen molar-refractivity contribution in [3.8, 4) is 11.5 Å². The Labute approximate surface area is 133 Å². The molecule has 0 radical (unpaired) electrons. The molecule has 0 spiro atoms. The molecule has 0 aliphatic carbocycles. The molecule has 1 aliphatic heterocycles. The summed E-state index contributed by atoms with van der Waals surface area (Å²) >= 11 is 3.45. The van der Waals surface area contributed by atoms with E-state index in [1.165, 1.54) is 0 Å². The minimum Gasteiger partial charge on any atom is -0.495 e. The first-order chi connectivity index (χ1) is 9.88. The molecule has 7 heteroatoms. The zero-order chi connectivity index (χ0) is 15.6. The van der Waals surface area contributed by atoms with Gasteiger partial charge in [-0.2, -0.15) is 0 Å². The average Bonchev–Trinajstić information content (AvgIpc) is 2.77. The second-order valence-electron chi connectivity index (χ2n) is 5.32. The molecule has 0 bridgehead atoms. The quantitative estimate of drug-likeness (QED) is 0.851. The largest absolute Gasteiger partial charge is 0.495 e. The first-order valence-corrected chi connectivity index (χ1v) is 9.35. The van der Waals surface area contributed by atoms with Crippen molar-refractivity contribution in [2.24, 2.45) is 11.7 Å². The van der Waals surface area contributed by atoms with E-state index in [0.717, 1.165) is 10.0 Å². The number of benzene rings is 1. The van der Waals surface area contributed by atoms with E-state index in [-0.39, 0.29) is 23.5 Å². The van der Waals surface area contributed by atoms with Gasteiger partial charge in [0.2, 0.25) is 0 Å². The molecule has 1 aromatic carbocycles. The van der Waals surface area contributed by atoms with Crippen LogP contribution in [0.1, 0.15) is 24.4 Å². The summed E-state index contributed by atoms with van der Waals surface area (Å²) in [7, 11) is 0.291. The molecule has 0 amide bonds. The van der Waals surface area contributed by atoms with Crippen LogP contribution in [0.3, 0.4) is 0 Å². The lowest BCUT2D eigenvalue weighted by Crippen LogP contribution is -2.17. The van der Waals surface area contributed by atoms with Gasteiger partial charge in [-0.3, -0.25) is 0 Å². The Kier molecular flexibility index (Phi) is 5.16. The summed E-state index contributed by atoms with van der Waals surface area (Å²) in [5.41, 5.74) is 7.12. The summed E-state index contributed by atoms with van der Waals surface area (Å²) in [5, 5.41) is 0. The van der Waals surface area contributed by atoms with Crippen molar-refractivity contribution < 1.29 is 17.9 Å². The predicted octanol–water partition coefficient (Wildman–Crippen LogP) is 2.29. The highest BCUT2D eigenvalue weighted by Crippen LogP contribution is 2.41. The molecule has 1 aliphatic rings. The van der Waals surface area contributed by atoms with Crippen LogP contribution in [0.15, 0.2) is 16.6 Å². The molecular weight excluding hydrogens is 358 g/mol. The number of hydrogen-bond acceptors (Lipinski definition) is 5. The SMILES string of the molecule is COc1ccc(C(N)CC2CCS(=O)(=O)C2)c(OC)c1Br. The fourth-order valence-electron chi connectivity index (χ4n) is 2.75. The van der Waals surface area contributed by atoms with E-state index in [1.54, 1.807) is 14.2 Å². The monoisotopic (exact) mass is 377 g/mol. The van der Waals surface area contributed by atoms with E-state index in [4.69, 9.17) is 15.2 Å². The Bertz CT molecular complexity index is 618. The molecule has 0 aromatic heterocycles. The number of sulfone groups is 1. The molecule has 0 saturated carbocycles. The Morgan fingerprint density at radius 3 is 2.62 bits per heavy atom. The number of nitrogens with two attached hydrogens (primary N) is 1. The Hall–Kier alpha value is -0.790. The summed E-state index contributed by atoms with van der Waals surface area (Å²) in [6.45, 7) is 0. The lowest BCUT2D eigenvalue weighted by atomic mass is 9.94. The smallest absolute Gasteiger partial charge is 0.150 e. The summed E-state index contributed by atoms with van der Waals surface area (Å²) in [4.78, 5) is 0. The molecule has 118 valence electrons. The average molecular weight is 378 g/mol. The predicted molar refractivity (Wildman–Crippen MR) is 85.6 cm³/mol. The van der Waals surface area contributed by atoms with Crippen molar-refractivity contribution >= 4 is 25.8 Å². The zero-order valence-corrected chi connectivity index (χ0v) is 14.5. The van der Waals surface area contributed by atoms with Gasteiger partial charge in [0.1, 0.15) is 16.0 Å². The molecular formula is C14H20BrNO4S. The topological polar surface area (TPSA) is 78.6 Å². The van der Waals surface area contributed by atoms with Crippen molar-refractivity contribution in [2.45, 2.75) is 18.9 Å². The fourth-order valence-corrected chi connectivity index (χ4v) is 5.32. The standard InChI is InChI=1S/C14H20BrNO4S/c1-19-12-4-3-10(14(20-2)13(12)15)11(16)7-9-5-6-21(17,18)8-9/h3-4,9,11H,5-8,16H2,1-2H3. The number of rotatable bonds is 5. The third-order valence-corrected chi connectivity index (χ3v) is 6.42. The number of halogens is 1. The van der Waals surface area contributed by atoms with Crippen LogP contribution in [0.25, 0.3) is 0 Å². The van der Waals surface area contributed by atoms with Crippen molar-refractivity contribution in [1.82, 2.24) is 0 Å². The lowest BCUT2D eigenvalue weighted by molar-refractivity contribution is 0.379. The van der Waals surface area contributed by atoms with Gasteiger partial charge in [-0.05, 0) is 46.8 Å². The Morgan fingerprint density at radius 2 is 2.10 bits per heavy atom. The molecule has 2 unspecified atom stereocenters. The normalized spacial score (nSPS) is 22.0. The van der Waals surface area contributed by atoms with Crippen LogP contribution >= 0.6 is 15.9 Å². The number of hydrogen-bond donors (Lipinski definition) is 1. The van der Waals surface area contributed by atoms with E-state index in [2.05, 4.69) is 15.9 Å². The van der Waals surface area contributed by atoms with Gasteiger partial charge in [0.25, 0.3) is 0 Å². The maximum atomic E-state index is 11.5. The highest BCUT2D eigenvalue weighted by molar-refractivity contribution is 9.10. The van der Waals surface area contributed by atoms with Gasteiger partial charge < -0.3 is 15.2 Å². The van der Waals surface area contributed by atoms with Gasteiger partial charge in [-0.25, -0.2) is 8.42 Å². The van der Waals surface area contributed by atoms with Crippen LogP contribution in [0.2, 0.25) is 0 Å². The number of methoxy groups -OCH3 is 2. The third kappa shape index (κ3) is 3.70. The van der Waals surface area contributed by atoms with Crippen LogP contribution in [-0.2, 0) is 9.84 Å². The van der Waals surface area contributed by atoms with Gasteiger partial charge in [0.15, 0.2) is 9.84 Å². The first-order valence-electron chi connectivity index (χ1n) is 6.74. The van der Waals surface area contributed by atoms with Gasteiger partial charge in [0, 0.05) is 11.6 Å². The summed E-state index contributed by atoms with van der Waals surface area (Å²) < 4.78 is 34.4. The molecule has 1 heterocycles. The van der Waals surface area contributed by atoms with Crippen LogP contribution in [0.4, 0.5) is 0 Å². The van der Waals surface area contributed by atoms with E-state index in [9.17, 15) is 8.42 Å². The van der Waals surface area contributed by atoms with Crippen LogP contribution in [0, 0.1) is 5.92 Å². The Morgan fingerprint density at radius 1 is 1.38 bits per heavy atom. The second-order valence-corrected chi connectivity index (χ2v) is 8.34. The summed E-state index contributed by atoms with van der Waals surface area (Å²) in [6, 6.07) is 3.43. The zero-order valence-electron chi connectivity index (χ0n) is 12.1. The molecule has 1 aromatic rings. The second kappa shape index (κ2) is 6.54. The van der Waals surface area contributed by atoms with Crippen LogP contribution < -0.4 is 15.2 Å². The van der Waals surface area contributed by atoms with Crippen LogP contribution in [0.5, 0.6) is 11.5 Å². The van der Waals surface area contributed by atoms with E-state index in [0.29, 0.717) is 24.3 Å². The first kappa shape index (κ1) is 16.6. The van der Waals surface area contributed by atoms with E-state index in [1.807, 2.05) is 12.1 Å². The fraction of sp³-hybridized carbons (Fsp3) is 0.571. The van der Waals surface area contributed by atoms with E-state index >= 15 is 0 Å². The highest BCUT2D eigenvalue weighted by atomic mass is 79.9. The van der Waals surface area contributed by atoms with Crippen molar-refractivity contribution in [3.05, 3.63) is 22.2 Å². The number of ether oxygens (including phenoxy) is 2. The van der Waals surface area contributed by atoms with E-state index < -0.39 is 9.84 Å². The van der Waals surface area contributed by atoms with Gasteiger partial charge in [0.05, 0.1) is 25.7 Å². The van der Waals surface area contributed by atoms with Crippen molar-refractivity contribution in [1.29, 1.82) is 0 Å². The van der Waals surface area contributed by atoms with Crippen LogP contribution in [-0.4, -0.2) is 34.1 Å². The summed E-state index contributed by atoms with van der Waals surface area (Å²) in [5.74, 6) is 1.94. The molecule has 5 nitrogen and oxygen atoms in total. The lowest BCUT2D eigenvalue weighted by Gasteiger charge is -2.20. The minimum absolute atomic E-state index is 0.121. The van der Waals surface area contributed by atoms with Crippen molar-refractivity contribution in [3.63, 3.8) is 0 Å². The molecule has 2 rings (SSSR count). The molecule has 1 fully saturated rings. The molecule has 1 saturated heterocycles. The van der Waals surface area contributed by atoms with Gasteiger partial charge in [-0.1, -0.05) is 0 Å². The van der Waals surface area contributed by atoms with Crippen molar-refractivity contribution in [2.75, 3.05) is 25.7 Å². The Balaban J connectivity index is 2.19. The molecule has 2 atom stereocenters. The highest BCUT2D eigenvalue weighted by Gasteiger charge is 2.30.